The van der Waals surface area contributed by atoms with Crippen LogP contribution in [0.5, 0.6) is 5.88 Å². The number of hydrogen-bond acceptors (Lipinski definition) is 4. The molecule has 2 aromatic heterocycles. The van der Waals surface area contributed by atoms with Gasteiger partial charge in [-0.25, -0.2) is 0 Å². The maximum Gasteiger partial charge on any atom is 0.258 e. The van der Waals surface area contributed by atoms with Crippen LogP contribution in [0.4, 0.5) is 0 Å². The van der Waals surface area contributed by atoms with E-state index in [1.807, 2.05) is 6.07 Å². The van der Waals surface area contributed by atoms with Crippen molar-refractivity contribution in [3.8, 4) is 11.9 Å². The summed E-state index contributed by atoms with van der Waals surface area (Å²) in [6, 6.07) is 1.96. The monoisotopic (exact) mass is 232 g/mol. The molecule has 0 spiro atoms. The largest absolute Gasteiger partial charge is 0.493 e. The predicted molar refractivity (Wildman–Crippen MR) is 61.0 cm³/mol. The van der Waals surface area contributed by atoms with Crippen molar-refractivity contribution in [2.24, 2.45) is 0 Å². The third kappa shape index (κ3) is 1.47. The molecule has 0 aliphatic heterocycles. The molecule has 0 amide bonds. The van der Waals surface area contributed by atoms with Crippen LogP contribution in [0.25, 0.3) is 5.65 Å². The molecule has 17 heavy (non-hydrogen) atoms. The van der Waals surface area contributed by atoms with Gasteiger partial charge in [-0.2, -0.15) is 14.9 Å². The number of aromatic nitrogens is 3. The first-order valence-corrected chi connectivity index (χ1v) is 5.22. The lowest BCUT2D eigenvalue weighted by Gasteiger charge is -2.07. The molecule has 0 aromatic carbocycles. The Morgan fingerprint density at radius 1 is 1.53 bits per heavy atom. The second-order valence-corrected chi connectivity index (χ2v) is 4.18. The van der Waals surface area contributed by atoms with E-state index >= 15 is 0 Å². The number of aryl methyl sites for hydroxylation is 1. The van der Waals surface area contributed by atoms with Gasteiger partial charge in [-0.15, -0.1) is 0 Å². The minimum Gasteiger partial charge on any atom is -0.493 e. The summed E-state index contributed by atoms with van der Waals surface area (Å²) in [6.07, 6.45) is 0. The SMILES string of the molecule is Cc1nn2c(O)c(C(C)C)c(=O)[nH]c2c1C#N. The standard InChI is InChI=1S/C11H12N4O2/c1-5(2)8-10(16)13-9-7(4-12)6(3)14-15(9)11(8)17/h5,17H,1-3H3,(H,13,16). The molecule has 0 aliphatic rings. The fraction of sp³-hybridized carbons (Fsp3) is 0.364. The average Bonchev–Trinajstić information content (AvgIpc) is 2.54. The Morgan fingerprint density at radius 2 is 2.18 bits per heavy atom. The van der Waals surface area contributed by atoms with Crippen LogP contribution >= 0.6 is 0 Å². The number of rotatable bonds is 1. The Kier molecular flexibility index (Phi) is 2.39. The van der Waals surface area contributed by atoms with Crippen LogP contribution in [0.2, 0.25) is 0 Å². The molecular weight excluding hydrogens is 220 g/mol. The van der Waals surface area contributed by atoms with E-state index in [0.29, 0.717) is 5.69 Å². The molecule has 0 aliphatic carbocycles. The smallest absolute Gasteiger partial charge is 0.258 e. The number of hydrogen-bond donors (Lipinski definition) is 2. The number of H-pyrrole nitrogens is 1. The minimum atomic E-state index is -0.388. The van der Waals surface area contributed by atoms with Gasteiger partial charge in [0.2, 0.25) is 5.88 Å². The Labute approximate surface area is 97.1 Å². The maximum absolute atomic E-state index is 11.8. The van der Waals surface area contributed by atoms with E-state index in [0.717, 1.165) is 0 Å². The summed E-state index contributed by atoms with van der Waals surface area (Å²) in [6.45, 7) is 5.26. The third-order valence-electron chi connectivity index (χ3n) is 2.67. The van der Waals surface area contributed by atoms with Crippen LogP contribution in [0, 0.1) is 18.3 Å². The van der Waals surface area contributed by atoms with Gasteiger partial charge in [0.1, 0.15) is 11.6 Å². The molecule has 6 nitrogen and oxygen atoms in total. The molecule has 6 heteroatoms. The zero-order valence-corrected chi connectivity index (χ0v) is 9.77. The summed E-state index contributed by atoms with van der Waals surface area (Å²) in [7, 11) is 0. The highest BCUT2D eigenvalue weighted by molar-refractivity contribution is 5.59. The molecule has 88 valence electrons. The first-order chi connectivity index (χ1) is 7.97. The zero-order chi connectivity index (χ0) is 12.7. The van der Waals surface area contributed by atoms with Crippen molar-refractivity contribution >= 4 is 5.65 Å². The molecule has 0 fully saturated rings. The van der Waals surface area contributed by atoms with E-state index in [9.17, 15) is 9.90 Å². The van der Waals surface area contributed by atoms with Gasteiger partial charge in [-0.05, 0) is 12.8 Å². The summed E-state index contributed by atoms with van der Waals surface area (Å²) in [5.41, 5.74) is 0.856. The van der Waals surface area contributed by atoms with Gasteiger partial charge in [0.25, 0.3) is 5.56 Å². The molecule has 2 rings (SSSR count). The van der Waals surface area contributed by atoms with E-state index < -0.39 is 0 Å². The van der Waals surface area contributed by atoms with Gasteiger partial charge in [0, 0.05) is 0 Å². The average molecular weight is 232 g/mol. The fourth-order valence-corrected chi connectivity index (χ4v) is 1.84. The topological polar surface area (TPSA) is 94.2 Å². The lowest BCUT2D eigenvalue weighted by atomic mass is 10.1. The highest BCUT2D eigenvalue weighted by Gasteiger charge is 2.19. The molecule has 0 atom stereocenters. The summed E-state index contributed by atoms with van der Waals surface area (Å²) in [5, 5.41) is 23.0. The van der Waals surface area contributed by atoms with E-state index in [-0.39, 0.29) is 34.1 Å². The molecule has 0 saturated heterocycles. The zero-order valence-electron chi connectivity index (χ0n) is 9.77. The van der Waals surface area contributed by atoms with Crippen molar-refractivity contribution in [1.29, 1.82) is 5.26 Å². The number of fused-ring (bicyclic) bond motifs is 1. The van der Waals surface area contributed by atoms with Crippen LogP contribution in [-0.4, -0.2) is 19.7 Å². The van der Waals surface area contributed by atoms with Crippen LogP contribution in [0.3, 0.4) is 0 Å². The molecule has 2 N–H and O–H groups in total. The van der Waals surface area contributed by atoms with E-state index in [2.05, 4.69) is 10.1 Å². The lowest BCUT2D eigenvalue weighted by molar-refractivity contribution is 0.422. The van der Waals surface area contributed by atoms with E-state index in [4.69, 9.17) is 5.26 Å². The van der Waals surface area contributed by atoms with Crippen LogP contribution in [0.15, 0.2) is 4.79 Å². The van der Waals surface area contributed by atoms with Crippen molar-refractivity contribution in [1.82, 2.24) is 14.6 Å². The lowest BCUT2D eigenvalue weighted by Crippen LogP contribution is -2.17. The normalized spacial score (nSPS) is 11.0. The Balaban J connectivity index is 2.97. The van der Waals surface area contributed by atoms with Gasteiger partial charge in [-0.3, -0.25) is 4.79 Å². The summed E-state index contributed by atoms with van der Waals surface area (Å²) in [4.78, 5) is 14.4. The molecule has 0 bridgehead atoms. The van der Waals surface area contributed by atoms with Crippen molar-refractivity contribution in [3.63, 3.8) is 0 Å². The number of nitriles is 1. The molecule has 2 heterocycles. The molecule has 0 unspecified atom stereocenters. The fourth-order valence-electron chi connectivity index (χ4n) is 1.84. The summed E-state index contributed by atoms with van der Waals surface area (Å²) < 4.78 is 1.20. The Hall–Kier alpha value is -2.29. The molecule has 0 saturated carbocycles. The van der Waals surface area contributed by atoms with E-state index in [1.54, 1.807) is 20.8 Å². The van der Waals surface area contributed by atoms with Crippen molar-refractivity contribution in [2.75, 3.05) is 0 Å². The quantitative estimate of drug-likeness (QED) is 0.767. The van der Waals surface area contributed by atoms with Gasteiger partial charge < -0.3 is 10.1 Å². The number of aromatic amines is 1. The van der Waals surface area contributed by atoms with Crippen LogP contribution in [0.1, 0.15) is 36.6 Å². The summed E-state index contributed by atoms with van der Waals surface area (Å²) in [5.74, 6) is -0.332. The van der Waals surface area contributed by atoms with Gasteiger partial charge in [-0.1, -0.05) is 13.8 Å². The summed E-state index contributed by atoms with van der Waals surface area (Å²) >= 11 is 0. The molecular formula is C11H12N4O2. The van der Waals surface area contributed by atoms with Crippen molar-refractivity contribution < 1.29 is 5.11 Å². The Bertz CT molecular complexity index is 688. The van der Waals surface area contributed by atoms with Crippen LogP contribution in [-0.2, 0) is 0 Å². The Morgan fingerprint density at radius 3 is 2.71 bits per heavy atom. The van der Waals surface area contributed by atoms with Crippen LogP contribution < -0.4 is 5.56 Å². The maximum atomic E-state index is 11.8. The second kappa shape index (κ2) is 3.63. The first-order valence-electron chi connectivity index (χ1n) is 5.22. The highest BCUT2D eigenvalue weighted by Crippen LogP contribution is 2.23. The highest BCUT2D eigenvalue weighted by atomic mass is 16.3. The van der Waals surface area contributed by atoms with Gasteiger partial charge in [0.15, 0.2) is 5.65 Å². The van der Waals surface area contributed by atoms with Gasteiger partial charge >= 0.3 is 0 Å². The van der Waals surface area contributed by atoms with Gasteiger partial charge in [0.05, 0.1) is 11.3 Å². The van der Waals surface area contributed by atoms with Crippen molar-refractivity contribution in [3.05, 3.63) is 27.2 Å². The number of nitrogens with one attached hydrogen (secondary N) is 1. The number of nitrogens with zero attached hydrogens (tertiary/aromatic N) is 3. The molecule has 2 aromatic rings. The van der Waals surface area contributed by atoms with E-state index in [1.165, 1.54) is 4.52 Å². The number of aromatic hydroxyl groups is 1. The first kappa shape index (κ1) is 11.2. The molecule has 0 radical (unpaired) electrons. The second-order valence-electron chi connectivity index (χ2n) is 4.18. The predicted octanol–water partition coefficient (Wildman–Crippen LogP) is 1.03. The third-order valence-corrected chi connectivity index (χ3v) is 2.67. The van der Waals surface area contributed by atoms with Crippen molar-refractivity contribution in [2.45, 2.75) is 26.7 Å². The minimum absolute atomic E-state index is 0.127.